The lowest BCUT2D eigenvalue weighted by molar-refractivity contribution is -0.121. The topological polar surface area (TPSA) is 106 Å². The molecule has 0 saturated carbocycles. The molecule has 2 heterocycles. The molecule has 0 aromatic carbocycles. The van der Waals surface area contributed by atoms with E-state index in [1.807, 2.05) is 11.8 Å². The van der Waals surface area contributed by atoms with Crippen molar-refractivity contribution >= 4 is 31.6 Å². The lowest BCUT2D eigenvalue weighted by Crippen LogP contribution is -2.36. The second-order valence-electron chi connectivity index (χ2n) is 8.05. The Morgan fingerprint density at radius 1 is 1.23 bits per heavy atom. The fourth-order valence-corrected chi connectivity index (χ4v) is 6.08. The Morgan fingerprint density at radius 2 is 2.00 bits per heavy atom. The first-order valence-electron chi connectivity index (χ1n) is 10.8. The molecule has 4 atom stereocenters. The van der Waals surface area contributed by atoms with Crippen molar-refractivity contribution in [3.63, 3.8) is 0 Å². The van der Waals surface area contributed by atoms with E-state index in [1.54, 1.807) is 13.8 Å². The molecule has 2 rings (SSSR count). The number of urea groups is 1. The largest absolute Gasteiger partial charge is 0.513 e. The average Bonchev–Trinajstić information content (AvgIpc) is 3.19. The zero-order valence-electron chi connectivity index (χ0n) is 17.9. The summed E-state index contributed by atoms with van der Waals surface area (Å²) in [5.41, 5.74) is 0. The van der Waals surface area contributed by atoms with Crippen LogP contribution in [0.4, 0.5) is 8.99 Å². The van der Waals surface area contributed by atoms with Crippen LogP contribution in [0.25, 0.3) is 0 Å². The van der Waals surface area contributed by atoms with Crippen molar-refractivity contribution in [3.05, 3.63) is 0 Å². The number of halogens is 1. The van der Waals surface area contributed by atoms with E-state index in [0.717, 1.165) is 44.3 Å². The maximum absolute atomic E-state index is 13.4. The van der Waals surface area contributed by atoms with Crippen molar-refractivity contribution in [1.82, 2.24) is 16.0 Å². The van der Waals surface area contributed by atoms with Gasteiger partial charge in [0.2, 0.25) is 5.91 Å². The Labute approximate surface area is 182 Å². The summed E-state index contributed by atoms with van der Waals surface area (Å²) in [4.78, 5) is 23.3. The third kappa shape index (κ3) is 9.54. The molecule has 2 aliphatic heterocycles. The molecule has 0 radical (unpaired) electrons. The second kappa shape index (κ2) is 12.9. The summed E-state index contributed by atoms with van der Waals surface area (Å²) in [6.07, 6.45) is 6.00. The molecule has 174 valence electrons. The lowest BCUT2D eigenvalue weighted by Gasteiger charge is -2.16. The summed E-state index contributed by atoms with van der Waals surface area (Å²) < 4.78 is 34.0. The Kier molecular flexibility index (Phi) is 10.9. The van der Waals surface area contributed by atoms with E-state index in [-0.39, 0.29) is 30.6 Å². The zero-order valence-corrected chi connectivity index (χ0v) is 19.6. The molecule has 2 aliphatic rings. The molecule has 3 N–H and O–H groups in total. The van der Waals surface area contributed by atoms with Gasteiger partial charge in [0.05, 0.1) is 24.8 Å². The number of thioether (sulfide) groups is 1. The predicted molar refractivity (Wildman–Crippen MR) is 116 cm³/mol. The number of carbonyl (C=O) groups is 2. The molecule has 2 saturated heterocycles. The highest BCUT2D eigenvalue weighted by Crippen LogP contribution is 2.51. The molecule has 3 unspecified atom stereocenters. The van der Waals surface area contributed by atoms with Crippen molar-refractivity contribution in [3.8, 4) is 0 Å². The normalized spacial score (nSPS) is 24.9. The fourth-order valence-electron chi connectivity index (χ4n) is 3.63. The van der Waals surface area contributed by atoms with Crippen LogP contribution in [-0.2, 0) is 18.4 Å². The third-order valence-corrected chi connectivity index (χ3v) is 7.73. The van der Waals surface area contributed by atoms with Gasteiger partial charge in [0, 0.05) is 24.0 Å². The molecular formula is C19H35FN3O5PS. The monoisotopic (exact) mass is 467 g/mol. The van der Waals surface area contributed by atoms with Gasteiger partial charge < -0.3 is 16.0 Å². The van der Waals surface area contributed by atoms with Crippen LogP contribution in [0, 0.1) is 0 Å². The summed E-state index contributed by atoms with van der Waals surface area (Å²) >= 11 is 1.89. The summed E-state index contributed by atoms with van der Waals surface area (Å²) in [5.74, 6) is 1.02. The van der Waals surface area contributed by atoms with Gasteiger partial charge in [0.25, 0.3) is 0 Å². The SMILES string of the molecule is CC(C)OP(=O)(F)OCCCCCCNC(=O)CCCC[C@@H]1SCC2NC(=O)NC21. The molecular weight excluding hydrogens is 432 g/mol. The first-order chi connectivity index (χ1) is 14.3. The van der Waals surface area contributed by atoms with Crippen LogP contribution in [0.5, 0.6) is 0 Å². The molecule has 0 bridgehead atoms. The number of hydrogen-bond donors (Lipinski definition) is 3. The summed E-state index contributed by atoms with van der Waals surface area (Å²) in [6, 6.07) is 0.406. The van der Waals surface area contributed by atoms with E-state index in [4.69, 9.17) is 0 Å². The average molecular weight is 468 g/mol. The van der Waals surface area contributed by atoms with Crippen LogP contribution in [0.3, 0.4) is 0 Å². The minimum Gasteiger partial charge on any atom is -0.356 e. The van der Waals surface area contributed by atoms with E-state index >= 15 is 0 Å². The molecule has 0 aromatic heterocycles. The fraction of sp³-hybridized carbons (Fsp3) is 0.895. The van der Waals surface area contributed by atoms with Crippen molar-refractivity contribution < 1.29 is 27.4 Å². The van der Waals surface area contributed by atoms with Gasteiger partial charge in [-0.15, -0.1) is 4.20 Å². The van der Waals surface area contributed by atoms with E-state index in [2.05, 4.69) is 25.0 Å². The maximum Gasteiger partial charge on any atom is 0.513 e. The highest BCUT2D eigenvalue weighted by Gasteiger charge is 2.42. The van der Waals surface area contributed by atoms with Gasteiger partial charge in [-0.2, -0.15) is 11.8 Å². The quantitative estimate of drug-likeness (QED) is 0.192. The molecule has 0 aliphatic carbocycles. The third-order valence-electron chi connectivity index (χ3n) is 5.06. The van der Waals surface area contributed by atoms with E-state index in [0.29, 0.717) is 24.6 Å². The van der Waals surface area contributed by atoms with Crippen LogP contribution < -0.4 is 16.0 Å². The summed E-state index contributed by atoms with van der Waals surface area (Å²) in [5, 5.41) is 9.28. The van der Waals surface area contributed by atoms with Crippen LogP contribution in [0.15, 0.2) is 0 Å². The van der Waals surface area contributed by atoms with Gasteiger partial charge in [-0.3, -0.25) is 13.8 Å². The smallest absolute Gasteiger partial charge is 0.356 e. The Balaban J connectivity index is 1.39. The number of nitrogens with one attached hydrogen (secondary N) is 3. The molecule has 8 nitrogen and oxygen atoms in total. The van der Waals surface area contributed by atoms with E-state index < -0.39 is 14.0 Å². The standard InChI is InChI=1S/C19H35FN3O5PS/c1-14(2)28-29(20,26)27-12-8-4-3-7-11-21-17(24)10-6-5-9-16-18-15(13-30-16)22-19(25)23-18/h14-16,18H,3-13H2,1-2H3,(H,21,24)(H2,22,23,25)/t15?,16-,18?,29?/m0/s1. The van der Waals surface area contributed by atoms with Crippen LogP contribution in [0.1, 0.15) is 65.2 Å². The molecule has 2 fully saturated rings. The molecule has 3 amide bonds. The molecule has 11 heteroatoms. The number of carbonyl (C=O) groups excluding carboxylic acids is 2. The number of fused-ring (bicyclic) bond motifs is 1. The van der Waals surface area contributed by atoms with Gasteiger partial charge >= 0.3 is 13.9 Å². The Morgan fingerprint density at radius 3 is 2.77 bits per heavy atom. The van der Waals surface area contributed by atoms with E-state index in [9.17, 15) is 18.4 Å². The molecule has 0 aromatic rings. The van der Waals surface area contributed by atoms with Crippen molar-refractivity contribution in [2.45, 2.75) is 88.7 Å². The van der Waals surface area contributed by atoms with Crippen LogP contribution in [0.2, 0.25) is 0 Å². The van der Waals surface area contributed by atoms with E-state index in [1.165, 1.54) is 0 Å². The van der Waals surface area contributed by atoms with Crippen molar-refractivity contribution in [1.29, 1.82) is 0 Å². The number of hydrogen-bond acceptors (Lipinski definition) is 6. The first kappa shape index (κ1) is 25.4. The van der Waals surface area contributed by atoms with Crippen LogP contribution in [-0.4, -0.2) is 54.3 Å². The van der Waals surface area contributed by atoms with Gasteiger partial charge in [-0.05, 0) is 39.5 Å². The number of unbranched alkanes of at least 4 members (excludes halogenated alkanes) is 4. The van der Waals surface area contributed by atoms with Crippen LogP contribution >= 0.6 is 19.7 Å². The molecule has 30 heavy (non-hydrogen) atoms. The summed E-state index contributed by atoms with van der Waals surface area (Å²) in [6.45, 7) is 3.88. The number of rotatable bonds is 15. The molecule has 0 spiro atoms. The second-order valence-corrected chi connectivity index (χ2v) is 10.7. The zero-order chi connectivity index (χ0) is 22.0. The van der Waals surface area contributed by atoms with Crippen molar-refractivity contribution in [2.75, 3.05) is 18.9 Å². The van der Waals surface area contributed by atoms with Gasteiger partial charge in [0.15, 0.2) is 0 Å². The maximum atomic E-state index is 13.4. The summed E-state index contributed by atoms with van der Waals surface area (Å²) in [7, 11) is -4.43. The Hall–Kier alpha value is -0.830. The minimum atomic E-state index is -4.43. The minimum absolute atomic E-state index is 0.0630. The van der Waals surface area contributed by atoms with Gasteiger partial charge in [-0.25, -0.2) is 9.36 Å². The Bertz CT molecular complexity index is 613. The first-order valence-corrected chi connectivity index (χ1v) is 13.3. The van der Waals surface area contributed by atoms with Gasteiger partial charge in [0.1, 0.15) is 0 Å². The van der Waals surface area contributed by atoms with Gasteiger partial charge in [-0.1, -0.05) is 19.3 Å². The number of amides is 3. The van der Waals surface area contributed by atoms with Crippen molar-refractivity contribution in [2.24, 2.45) is 0 Å². The predicted octanol–water partition coefficient (Wildman–Crippen LogP) is 3.91. The lowest BCUT2D eigenvalue weighted by atomic mass is 10.0. The highest BCUT2D eigenvalue weighted by atomic mass is 32.2. The highest BCUT2D eigenvalue weighted by molar-refractivity contribution is 8.00.